The molecule has 0 unspecified atom stereocenters. The summed E-state index contributed by atoms with van der Waals surface area (Å²) in [6.45, 7) is 6.57. The third kappa shape index (κ3) is 26.7. The third-order valence-electron chi connectivity index (χ3n) is 5.28. The lowest BCUT2D eigenvalue weighted by Gasteiger charge is -2.05. The number of rotatable bonds is 22. The number of hydrogen-bond acceptors (Lipinski definition) is 1. The fourth-order valence-corrected chi connectivity index (χ4v) is 3.49. The average molecular weight is 436 g/mol. The van der Waals surface area contributed by atoms with Crippen molar-refractivity contribution in [1.29, 1.82) is 0 Å². The zero-order valence-electron chi connectivity index (χ0n) is 18.4. The molecule has 0 atom stereocenters. The second-order valence-corrected chi connectivity index (χ2v) is 7.98. The molecule has 0 aromatic rings. The summed E-state index contributed by atoms with van der Waals surface area (Å²) in [5.41, 5.74) is 0. The van der Waals surface area contributed by atoms with Gasteiger partial charge in [0.2, 0.25) is 0 Å². The van der Waals surface area contributed by atoms with Crippen LogP contribution in [-0.4, -0.2) is 13.2 Å². The van der Waals surface area contributed by atoms with Gasteiger partial charge in [-0.1, -0.05) is 129 Å². The van der Waals surface area contributed by atoms with E-state index in [1.54, 1.807) is 0 Å². The van der Waals surface area contributed by atoms with E-state index in [2.05, 4.69) is 13.8 Å². The fraction of sp³-hybridized carbons (Fsp3) is 1.00. The van der Waals surface area contributed by atoms with E-state index in [0.29, 0.717) is 0 Å². The van der Waals surface area contributed by atoms with Gasteiger partial charge in [-0.15, -0.1) is 17.0 Å². The van der Waals surface area contributed by atoms with Crippen molar-refractivity contribution in [2.45, 2.75) is 142 Å². The maximum Gasteiger partial charge on any atom is 0.0466 e. The van der Waals surface area contributed by atoms with Crippen LogP contribution in [0.25, 0.3) is 0 Å². The second-order valence-electron chi connectivity index (χ2n) is 7.98. The van der Waals surface area contributed by atoms with E-state index in [0.717, 1.165) is 13.2 Å². The zero-order valence-corrected chi connectivity index (χ0v) is 20.1. The maximum atomic E-state index is 5.78. The Kier molecular flexibility index (Phi) is 30.5. The minimum Gasteiger partial charge on any atom is -0.381 e. The highest BCUT2D eigenvalue weighted by Crippen LogP contribution is 2.12. The molecule has 0 bridgehead atoms. The van der Waals surface area contributed by atoms with Gasteiger partial charge in [-0.3, -0.25) is 0 Å². The Hall–Kier alpha value is 0.440. The minimum atomic E-state index is 0. The zero-order chi connectivity index (χ0) is 18.3. The smallest absolute Gasteiger partial charge is 0.0466 e. The lowest BCUT2D eigenvalue weighted by atomic mass is 10.1. The largest absolute Gasteiger partial charge is 0.381 e. The summed E-state index contributed by atoms with van der Waals surface area (Å²) < 4.78 is 5.78. The van der Waals surface area contributed by atoms with Gasteiger partial charge in [-0.2, -0.15) is 0 Å². The molecule has 0 radical (unpaired) electrons. The van der Waals surface area contributed by atoms with Gasteiger partial charge in [0, 0.05) is 13.2 Å². The van der Waals surface area contributed by atoms with Crippen LogP contribution in [0.2, 0.25) is 0 Å². The molecule has 0 aromatic heterocycles. The van der Waals surface area contributed by atoms with Crippen molar-refractivity contribution in [3.8, 4) is 0 Å². The van der Waals surface area contributed by atoms with Crippen LogP contribution in [0.3, 0.4) is 0 Å². The lowest BCUT2D eigenvalue weighted by molar-refractivity contribution is 0.125. The van der Waals surface area contributed by atoms with Gasteiger partial charge in [0.25, 0.3) is 0 Å². The molecule has 0 fully saturated rings. The highest BCUT2D eigenvalue weighted by molar-refractivity contribution is 8.93. The number of ether oxygens (including phenoxy) is 1. The summed E-state index contributed by atoms with van der Waals surface area (Å²) in [5.74, 6) is 0. The first-order valence-electron chi connectivity index (χ1n) is 12.0. The van der Waals surface area contributed by atoms with E-state index < -0.39 is 0 Å². The Morgan fingerprint density at radius 1 is 0.346 bits per heavy atom. The Labute approximate surface area is 177 Å². The summed E-state index contributed by atoms with van der Waals surface area (Å²) in [5, 5.41) is 0. The van der Waals surface area contributed by atoms with E-state index in [1.165, 1.54) is 128 Å². The first kappa shape index (κ1) is 28.6. The third-order valence-corrected chi connectivity index (χ3v) is 5.28. The van der Waals surface area contributed by atoms with Gasteiger partial charge >= 0.3 is 0 Å². The molecule has 2 heteroatoms. The molecule has 0 rings (SSSR count). The van der Waals surface area contributed by atoms with Crippen molar-refractivity contribution < 1.29 is 4.74 Å². The molecule has 0 heterocycles. The highest BCUT2D eigenvalue weighted by atomic mass is 79.9. The van der Waals surface area contributed by atoms with Gasteiger partial charge in [-0.25, -0.2) is 0 Å². The maximum absolute atomic E-state index is 5.78. The van der Waals surface area contributed by atoms with Gasteiger partial charge < -0.3 is 4.74 Å². The fourth-order valence-electron chi connectivity index (χ4n) is 3.49. The lowest BCUT2D eigenvalue weighted by Crippen LogP contribution is -1.97. The molecular weight excluding hydrogens is 384 g/mol. The number of halogens is 1. The predicted octanol–water partition coefficient (Wildman–Crippen LogP) is 9.42. The summed E-state index contributed by atoms with van der Waals surface area (Å²) in [4.78, 5) is 0. The van der Waals surface area contributed by atoms with Gasteiger partial charge in [0.05, 0.1) is 0 Å². The standard InChI is InChI=1S/C24H50O.BrH/c1-3-5-7-9-11-13-15-17-19-21-23-25-24-22-20-18-16-14-12-10-8-6-4-2;/h3-24H2,1-2H3;1H. The molecule has 26 heavy (non-hydrogen) atoms. The van der Waals surface area contributed by atoms with Crippen LogP contribution in [0.15, 0.2) is 0 Å². The normalized spacial score (nSPS) is 10.8. The second kappa shape index (κ2) is 27.7. The van der Waals surface area contributed by atoms with Crippen molar-refractivity contribution in [2.24, 2.45) is 0 Å². The van der Waals surface area contributed by atoms with Gasteiger partial charge in [0.15, 0.2) is 0 Å². The minimum absolute atomic E-state index is 0. The van der Waals surface area contributed by atoms with Crippen LogP contribution in [0, 0.1) is 0 Å². The van der Waals surface area contributed by atoms with E-state index in [9.17, 15) is 0 Å². The molecule has 160 valence electrons. The summed E-state index contributed by atoms with van der Waals surface area (Å²) >= 11 is 0. The molecule has 0 aliphatic rings. The Balaban J connectivity index is 0. The molecule has 0 aromatic carbocycles. The molecule has 0 amide bonds. The van der Waals surface area contributed by atoms with Crippen molar-refractivity contribution in [3.63, 3.8) is 0 Å². The van der Waals surface area contributed by atoms with Crippen molar-refractivity contribution in [3.05, 3.63) is 0 Å². The molecule has 0 spiro atoms. The Morgan fingerprint density at radius 3 is 0.846 bits per heavy atom. The topological polar surface area (TPSA) is 9.23 Å². The van der Waals surface area contributed by atoms with E-state index in [4.69, 9.17) is 4.74 Å². The van der Waals surface area contributed by atoms with Crippen LogP contribution < -0.4 is 0 Å². The quantitative estimate of drug-likeness (QED) is 0.154. The van der Waals surface area contributed by atoms with Crippen molar-refractivity contribution in [1.82, 2.24) is 0 Å². The molecule has 0 aliphatic carbocycles. The summed E-state index contributed by atoms with van der Waals surface area (Å²) in [6, 6.07) is 0. The van der Waals surface area contributed by atoms with Crippen LogP contribution in [0.4, 0.5) is 0 Å². The monoisotopic (exact) mass is 434 g/mol. The molecular formula is C24H51BrO. The Morgan fingerprint density at radius 2 is 0.577 bits per heavy atom. The summed E-state index contributed by atoms with van der Waals surface area (Å²) in [6.07, 6.45) is 28.2. The molecule has 0 saturated heterocycles. The van der Waals surface area contributed by atoms with Gasteiger partial charge in [-0.05, 0) is 12.8 Å². The van der Waals surface area contributed by atoms with Crippen molar-refractivity contribution >= 4 is 17.0 Å². The van der Waals surface area contributed by atoms with E-state index >= 15 is 0 Å². The molecule has 0 aliphatic heterocycles. The SMILES string of the molecule is Br.CCCCCCCCCCCCOCCCCCCCCCCCC. The van der Waals surface area contributed by atoms with Gasteiger partial charge in [0.1, 0.15) is 0 Å². The first-order valence-corrected chi connectivity index (χ1v) is 12.0. The van der Waals surface area contributed by atoms with E-state index in [1.807, 2.05) is 0 Å². The predicted molar refractivity (Wildman–Crippen MR) is 125 cm³/mol. The average Bonchev–Trinajstić information content (AvgIpc) is 2.63. The number of hydrogen-bond donors (Lipinski definition) is 0. The van der Waals surface area contributed by atoms with Crippen molar-refractivity contribution in [2.75, 3.05) is 13.2 Å². The highest BCUT2D eigenvalue weighted by Gasteiger charge is 1.95. The van der Waals surface area contributed by atoms with Crippen LogP contribution >= 0.6 is 17.0 Å². The van der Waals surface area contributed by atoms with Crippen LogP contribution in [0.5, 0.6) is 0 Å². The molecule has 0 saturated carbocycles. The Bertz CT molecular complexity index is 198. The summed E-state index contributed by atoms with van der Waals surface area (Å²) in [7, 11) is 0. The van der Waals surface area contributed by atoms with Crippen LogP contribution in [-0.2, 0) is 4.74 Å². The first-order chi connectivity index (χ1) is 12.4. The van der Waals surface area contributed by atoms with Crippen LogP contribution in [0.1, 0.15) is 142 Å². The van der Waals surface area contributed by atoms with E-state index in [-0.39, 0.29) is 17.0 Å². The molecule has 1 nitrogen and oxygen atoms in total. The molecule has 0 N–H and O–H groups in total. The number of unbranched alkanes of at least 4 members (excludes halogenated alkanes) is 18.